The van der Waals surface area contributed by atoms with E-state index in [9.17, 15) is 17.8 Å². The van der Waals surface area contributed by atoms with Crippen LogP contribution in [0.15, 0.2) is 0 Å². The van der Waals surface area contributed by atoms with Gasteiger partial charge in [0.25, 0.3) is 0 Å². The molecule has 54 valence electrons. The first-order valence-corrected chi connectivity index (χ1v) is 3.62. The van der Waals surface area contributed by atoms with Gasteiger partial charge in [-0.25, -0.2) is 8.42 Å². The number of carbonyl (C=O) groups excluding carboxylic acids is 1. The molecule has 0 aliphatic carbocycles. The molecule has 0 aromatic heterocycles. The molecular weight excluding hydrogens is 169 g/mol. The van der Waals surface area contributed by atoms with E-state index in [0.29, 0.717) is 0 Å². The molecule has 0 aromatic rings. The molecule has 0 radical (unpaired) electrons. The molecule has 0 heterocycles. The van der Waals surface area contributed by atoms with E-state index in [1.807, 2.05) is 0 Å². The Morgan fingerprint density at radius 3 is 2.10 bits per heavy atom. The molecule has 0 spiro atoms. The smallest absolute Gasteiger partial charge is 0.747 e. The monoisotopic (exact) mass is 175 g/mol. The maximum atomic E-state index is 9.84. The zero-order chi connectivity index (χ0) is 7.49. The average Bonchev–Trinajstić information content (AvgIpc) is 1.62. The van der Waals surface area contributed by atoms with E-state index in [2.05, 4.69) is 0 Å². The third-order valence-electron chi connectivity index (χ3n) is 0.542. The Labute approximate surface area is 81.4 Å². The number of carbonyl (C=O) groups is 1. The quantitative estimate of drug-likeness (QED) is 0.246. The second kappa shape index (κ2) is 5.09. The van der Waals surface area contributed by atoms with Crippen molar-refractivity contribution in [2.24, 2.45) is 0 Å². The summed E-state index contributed by atoms with van der Waals surface area (Å²) >= 11 is 0. The number of hydrogen-bond donors (Lipinski definition) is 0. The van der Waals surface area contributed by atoms with Gasteiger partial charge >= 0.3 is 29.6 Å². The topological polar surface area (TPSA) is 77.5 Å². The molecular formula is C3H6NNaO4S. The van der Waals surface area contributed by atoms with Gasteiger partial charge in [-0.05, 0) is 0 Å². The van der Waals surface area contributed by atoms with Crippen LogP contribution in [0.3, 0.4) is 0 Å². The summed E-state index contributed by atoms with van der Waals surface area (Å²) in [5.74, 6) is -0.767. The molecule has 0 fully saturated rings. The molecule has 5 nitrogen and oxygen atoms in total. The molecule has 0 N–H and O–H groups in total. The van der Waals surface area contributed by atoms with Crippen molar-refractivity contribution < 1.29 is 47.3 Å². The second-order valence-electron chi connectivity index (χ2n) is 1.55. The van der Waals surface area contributed by atoms with Gasteiger partial charge in [0, 0.05) is 7.05 Å². The van der Waals surface area contributed by atoms with Crippen molar-refractivity contribution in [3.05, 3.63) is 0 Å². The normalized spacial score (nSPS) is 9.80. The first kappa shape index (κ1) is 13.0. The fourth-order valence-electron chi connectivity index (χ4n) is 0.280. The molecule has 0 rings (SSSR count). The van der Waals surface area contributed by atoms with Crippen LogP contribution < -0.4 is 29.6 Å². The molecule has 0 atom stereocenters. The third kappa shape index (κ3) is 8.38. The Hall–Kier alpha value is 0.380. The predicted molar refractivity (Wildman–Crippen MR) is 28.4 cm³/mol. The summed E-state index contributed by atoms with van der Waals surface area (Å²) in [6, 6.07) is 0. The van der Waals surface area contributed by atoms with Gasteiger partial charge in [-0.1, -0.05) is 0 Å². The van der Waals surface area contributed by atoms with Crippen LogP contribution in [-0.4, -0.2) is 37.2 Å². The standard InChI is InChI=1S/C3H7NO4S.Na/c1-4(2-5)3-9(6,7)8;/h2H,3H2,1H3,(H,6,7,8);/q;+1/p-1. The van der Waals surface area contributed by atoms with Crippen molar-refractivity contribution in [1.29, 1.82) is 0 Å². The fourth-order valence-corrected chi connectivity index (χ4v) is 0.839. The summed E-state index contributed by atoms with van der Waals surface area (Å²) < 4.78 is 29.5. The van der Waals surface area contributed by atoms with Gasteiger partial charge in [0.15, 0.2) is 0 Å². The SMILES string of the molecule is CN(C=O)CS(=O)(=O)[O-].[Na+]. The van der Waals surface area contributed by atoms with Gasteiger partial charge in [0.05, 0.1) is 0 Å². The number of rotatable bonds is 3. The molecule has 0 saturated heterocycles. The molecule has 0 aliphatic rings. The number of nitrogens with zero attached hydrogens (tertiary/aromatic N) is 1. The Morgan fingerprint density at radius 1 is 1.60 bits per heavy atom. The third-order valence-corrected chi connectivity index (χ3v) is 1.27. The summed E-state index contributed by atoms with van der Waals surface area (Å²) in [5.41, 5.74) is 0. The van der Waals surface area contributed by atoms with Crippen LogP contribution in [0.25, 0.3) is 0 Å². The summed E-state index contributed by atoms with van der Waals surface area (Å²) in [4.78, 5) is 10.5. The van der Waals surface area contributed by atoms with E-state index >= 15 is 0 Å². The minimum atomic E-state index is -4.29. The molecule has 0 aromatic carbocycles. The summed E-state index contributed by atoms with van der Waals surface area (Å²) in [7, 11) is -3.08. The van der Waals surface area contributed by atoms with Crippen molar-refractivity contribution in [2.75, 3.05) is 12.9 Å². The summed E-state index contributed by atoms with van der Waals surface area (Å²) in [6.07, 6.45) is 0.273. The van der Waals surface area contributed by atoms with E-state index in [-0.39, 0.29) is 36.0 Å². The average molecular weight is 175 g/mol. The maximum Gasteiger partial charge on any atom is 1.00 e. The Balaban J connectivity index is 0. The number of hydrogen-bond acceptors (Lipinski definition) is 4. The largest absolute Gasteiger partial charge is 1.00 e. The molecule has 10 heavy (non-hydrogen) atoms. The van der Waals surface area contributed by atoms with Crippen LogP contribution in [0.1, 0.15) is 0 Å². The summed E-state index contributed by atoms with van der Waals surface area (Å²) in [6.45, 7) is 0. The van der Waals surface area contributed by atoms with Crippen molar-refractivity contribution >= 4 is 16.5 Å². The molecule has 7 heteroatoms. The predicted octanol–water partition coefficient (Wildman–Crippen LogP) is -4.42. The van der Waals surface area contributed by atoms with E-state index in [4.69, 9.17) is 0 Å². The van der Waals surface area contributed by atoms with Crippen LogP contribution in [0.2, 0.25) is 0 Å². The zero-order valence-corrected chi connectivity index (χ0v) is 8.59. The van der Waals surface area contributed by atoms with Gasteiger partial charge in [-0.2, -0.15) is 0 Å². The van der Waals surface area contributed by atoms with Crippen LogP contribution in [-0.2, 0) is 14.9 Å². The molecule has 0 unspecified atom stereocenters. The Bertz CT molecular complexity index is 189. The van der Waals surface area contributed by atoms with Crippen LogP contribution >= 0.6 is 0 Å². The van der Waals surface area contributed by atoms with E-state index in [1.165, 1.54) is 7.05 Å². The van der Waals surface area contributed by atoms with Gasteiger partial charge in [-0.15, -0.1) is 0 Å². The molecule has 0 bridgehead atoms. The maximum absolute atomic E-state index is 9.84. The van der Waals surface area contributed by atoms with Crippen LogP contribution in [0.4, 0.5) is 0 Å². The van der Waals surface area contributed by atoms with Crippen molar-refractivity contribution in [1.82, 2.24) is 4.90 Å². The van der Waals surface area contributed by atoms with Crippen LogP contribution in [0.5, 0.6) is 0 Å². The van der Waals surface area contributed by atoms with Gasteiger partial charge in [0.2, 0.25) is 6.41 Å². The van der Waals surface area contributed by atoms with Crippen molar-refractivity contribution in [3.8, 4) is 0 Å². The van der Waals surface area contributed by atoms with E-state index in [0.717, 1.165) is 4.90 Å². The van der Waals surface area contributed by atoms with Crippen LogP contribution in [0, 0.1) is 0 Å². The second-order valence-corrected chi connectivity index (χ2v) is 2.92. The van der Waals surface area contributed by atoms with E-state index < -0.39 is 16.0 Å². The first-order valence-electron chi connectivity index (χ1n) is 2.05. The minimum absolute atomic E-state index is 0. The van der Waals surface area contributed by atoms with E-state index in [1.54, 1.807) is 0 Å². The first-order chi connectivity index (χ1) is 3.95. The molecule has 1 amide bonds. The molecule has 0 aliphatic heterocycles. The Kier molecular flexibility index (Phi) is 6.61. The minimum Gasteiger partial charge on any atom is -0.747 e. The zero-order valence-electron chi connectivity index (χ0n) is 5.77. The number of amides is 1. The fraction of sp³-hybridized carbons (Fsp3) is 0.667. The van der Waals surface area contributed by atoms with Gasteiger partial charge in [-0.3, -0.25) is 4.79 Å². The van der Waals surface area contributed by atoms with Gasteiger partial charge < -0.3 is 9.45 Å². The van der Waals surface area contributed by atoms with Gasteiger partial charge in [0.1, 0.15) is 16.0 Å². The van der Waals surface area contributed by atoms with Crippen molar-refractivity contribution in [2.45, 2.75) is 0 Å². The van der Waals surface area contributed by atoms with Crippen molar-refractivity contribution in [3.63, 3.8) is 0 Å². The summed E-state index contributed by atoms with van der Waals surface area (Å²) in [5, 5.41) is 0. The molecule has 0 saturated carbocycles. The Morgan fingerprint density at radius 2 is 2.00 bits per heavy atom.